The lowest BCUT2D eigenvalue weighted by Gasteiger charge is -2.11. The van der Waals surface area contributed by atoms with Crippen LogP contribution in [0.4, 0.5) is 4.39 Å². The minimum Gasteiger partial charge on any atom is -0.496 e. The summed E-state index contributed by atoms with van der Waals surface area (Å²) in [5, 5.41) is 0.611. The number of ether oxygens (including phenoxy) is 2. The molecule has 0 aromatic heterocycles. The van der Waals surface area contributed by atoms with Crippen molar-refractivity contribution < 1.29 is 13.9 Å². The minimum absolute atomic E-state index is 0.293. The van der Waals surface area contributed by atoms with Crippen LogP contribution in [0.2, 0.25) is 5.02 Å². The molecule has 2 nitrogen and oxygen atoms in total. The van der Waals surface area contributed by atoms with Gasteiger partial charge in [0.2, 0.25) is 0 Å². The summed E-state index contributed by atoms with van der Waals surface area (Å²) in [6, 6.07) is 9.79. The van der Waals surface area contributed by atoms with Crippen LogP contribution in [0.25, 0.3) is 0 Å². The van der Waals surface area contributed by atoms with Gasteiger partial charge in [0.05, 0.1) is 11.6 Å². The number of rotatable bonds is 4. The Balaban J connectivity index is 2.13. The molecule has 0 saturated heterocycles. The van der Waals surface area contributed by atoms with Crippen molar-refractivity contribution in [2.75, 3.05) is 7.11 Å². The summed E-state index contributed by atoms with van der Waals surface area (Å²) in [4.78, 5) is 0. The third kappa shape index (κ3) is 3.61. The van der Waals surface area contributed by atoms with Crippen LogP contribution in [0.5, 0.6) is 11.5 Å². The van der Waals surface area contributed by atoms with Crippen LogP contribution in [0.3, 0.4) is 0 Å². The number of benzene rings is 2. The zero-order valence-corrected chi connectivity index (χ0v) is 12.5. The standard InChI is InChI=1S/C14H11BrClFO2/c1-18-14-5-2-10(16)6-9(14)8-19-11-3-4-13(17)12(15)7-11/h2-7H,8H2,1H3. The summed E-state index contributed by atoms with van der Waals surface area (Å²) in [6.45, 7) is 0.293. The first kappa shape index (κ1) is 14.2. The van der Waals surface area contributed by atoms with Gasteiger partial charge in [0, 0.05) is 10.6 Å². The number of methoxy groups -OCH3 is 1. The van der Waals surface area contributed by atoms with E-state index in [4.69, 9.17) is 21.1 Å². The molecule has 5 heteroatoms. The van der Waals surface area contributed by atoms with Gasteiger partial charge in [-0.2, -0.15) is 0 Å². The maximum atomic E-state index is 13.1. The molecule has 0 N–H and O–H groups in total. The molecule has 2 rings (SSSR count). The first-order valence-electron chi connectivity index (χ1n) is 5.50. The van der Waals surface area contributed by atoms with Gasteiger partial charge in [0.1, 0.15) is 23.9 Å². The van der Waals surface area contributed by atoms with E-state index in [2.05, 4.69) is 15.9 Å². The molecule has 0 fully saturated rings. The smallest absolute Gasteiger partial charge is 0.137 e. The van der Waals surface area contributed by atoms with Crippen molar-refractivity contribution in [3.8, 4) is 11.5 Å². The number of halogens is 3. The highest BCUT2D eigenvalue weighted by molar-refractivity contribution is 9.10. The molecule has 0 amide bonds. The Morgan fingerprint density at radius 1 is 1.21 bits per heavy atom. The third-order valence-electron chi connectivity index (χ3n) is 2.53. The summed E-state index contributed by atoms with van der Waals surface area (Å²) >= 11 is 9.04. The quantitative estimate of drug-likeness (QED) is 0.790. The van der Waals surface area contributed by atoms with Crippen molar-refractivity contribution in [2.45, 2.75) is 6.61 Å². The largest absolute Gasteiger partial charge is 0.496 e. The van der Waals surface area contributed by atoms with Crippen LogP contribution >= 0.6 is 27.5 Å². The average Bonchev–Trinajstić information content (AvgIpc) is 2.40. The molecule has 0 atom stereocenters. The minimum atomic E-state index is -0.326. The van der Waals surface area contributed by atoms with Crippen LogP contribution in [0, 0.1) is 5.82 Å². The fourth-order valence-corrected chi connectivity index (χ4v) is 2.14. The van der Waals surface area contributed by atoms with E-state index < -0.39 is 0 Å². The van der Waals surface area contributed by atoms with E-state index in [1.807, 2.05) is 0 Å². The lowest BCUT2D eigenvalue weighted by molar-refractivity contribution is 0.296. The van der Waals surface area contributed by atoms with Gasteiger partial charge in [-0.15, -0.1) is 0 Å². The molecule has 0 saturated carbocycles. The van der Waals surface area contributed by atoms with E-state index in [1.165, 1.54) is 6.07 Å². The van der Waals surface area contributed by atoms with E-state index in [9.17, 15) is 4.39 Å². The number of hydrogen-bond donors (Lipinski definition) is 0. The molecule has 0 spiro atoms. The van der Waals surface area contributed by atoms with Crippen molar-refractivity contribution in [2.24, 2.45) is 0 Å². The number of hydrogen-bond acceptors (Lipinski definition) is 2. The SMILES string of the molecule is COc1ccc(Cl)cc1COc1ccc(F)c(Br)c1. The molecule has 100 valence electrons. The molecule has 0 aliphatic carbocycles. The summed E-state index contributed by atoms with van der Waals surface area (Å²) in [5.41, 5.74) is 0.829. The van der Waals surface area contributed by atoms with E-state index in [1.54, 1.807) is 37.4 Å². The lowest BCUT2D eigenvalue weighted by Crippen LogP contribution is -1.99. The second-order valence-electron chi connectivity index (χ2n) is 3.82. The molecule has 0 bridgehead atoms. The molecule has 0 radical (unpaired) electrons. The zero-order valence-electron chi connectivity index (χ0n) is 10.1. The topological polar surface area (TPSA) is 18.5 Å². The average molecular weight is 346 g/mol. The van der Waals surface area contributed by atoms with Gasteiger partial charge in [0.15, 0.2) is 0 Å². The predicted molar refractivity (Wildman–Crippen MR) is 76.4 cm³/mol. The van der Waals surface area contributed by atoms with Gasteiger partial charge >= 0.3 is 0 Å². The summed E-state index contributed by atoms with van der Waals surface area (Å²) in [7, 11) is 1.58. The first-order chi connectivity index (χ1) is 9.10. The fourth-order valence-electron chi connectivity index (χ4n) is 1.59. The van der Waals surface area contributed by atoms with Gasteiger partial charge in [-0.25, -0.2) is 4.39 Å². The Morgan fingerprint density at radius 2 is 2.00 bits per heavy atom. The molecule has 0 unspecified atom stereocenters. The lowest BCUT2D eigenvalue weighted by atomic mass is 10.2. The third-order valence-corrected chi connectivity index (χ3v) is 3.37. The Hall–Kier alpha value is -1.26. The molecule has 0 aliphatic rings. The molecular weight excluding hydrogens is 335 g/mol. The van der Waals surface area contributed by atoms with Gasteiger partial charge < -0.3 is 9.47 Å². The van der Waals surface area contributed by atoms with Crippen LogP contribution in [-0.2, 0) is 6.61 Å². The van der Waals surface area contributed by atoms with Crippen molar-refractivity contribution in [3.63, 3.8) is 0 Å². The monoisotopic (exact) mass is 344 g/mol. The van der Waals surface area contributed by atoms with E-state index in [-0.39, 0.29) is 5.82 Å². The second kappa shape index (κ2) is 6.26. The van der Waals surface area contributed by atoms with E-state index >= 15 is 0 Å². The van der Waals surface area contributed by atoms with Crippen LogP contribution in [-0.4, -0.2) is 7.11 Å². The summed E-state index contributed by atoms with van der Waals surface area (Å²) in [6.07, 6.45) is 0. The molecule has 2 aromatic carbocycles. The van der Waals surface area contributed by atoms with Crippen molar-refractivity contribution in [3.05, 3.63) is 57.3 Å². The molecule has 2 aromatic rings. The maximum absolute atomic E-state index is 13.1. The van der Waals surface area contributed by atoms with Gasteiger partial charge in [-0.1, -0.05) is 11.6 Å². The summed E-state index contributed by atoms with van der Waals surface area (Å²) in [5.74, 6) is 0.938. The van der Waals surface area contributed by atoms with E-state index in [0.717, 1.165) is 5.56 Å². The van der Waals surface area contributed by atoms with E-state index in [0.29, 0.717) is 27.6 Å². The fraction of sp³-hybridized carbons (Fsp3) is 0.143. The maximum Gasteiger partial charge on any atom is 0.137 e. The Bertz CT molecular complexity index is 590. The normalized spacial score (nSPS) is 10.3. The van der Waals surface area contributed by atoms with Gasteiger partial charge in [-0.05, 0) is 52.3 Å². The van der Waals surface area contributed by atoms with Gasteiger partial charge in [-0.3, -0.25) is 0 Å². The highest BCUT2D eigenvalue weighted by Crippen LogP contribution is 2.26. The van der Waals surface area contributed by atoms with Crippen LogP contribution < -0.4 is 9.47 Å². The van der Waals surface area contributed by atoms with Gasteiger partial charge in [0.25, 0.3) is 0 Å². The second-order valence-corrected chi connectivity index (χ2v) is 5.11. The molecule has 0 heterocycles. The highest BCUT2D eigenvalue weighted by Gasteiger charge is 2.06. The van der Waals surface area contributed by atoms with Crippen molar-refractivity contribution in [1.29, 1.82) is 0 Å². The van der Waals surface area contributed by atoms with Crippen LogP contribution in [0.15, 0.2) is 40.9 Å². The zero-order chi connectivity index (χ0) is 13.8. The molecule has 0 aliphatic heterocycles. The summed E-state index contributed by atoms with van der Waals surface area (Å²) < 4.78 is 24.3. The molecule has 19 heavy (non-hydrogen) atoms. The molecular formula is C14H11BrClFO2. The Morgan fingerprint density at radius 3 is 2.68 bits per heavy atom. The first-order valence-corrected chi connectivity index (χ1v) is 6.67. The Kier molecular flexibility index (Phi) is 4.66. The highest BCUT2D eigenvalue weighted by atomic mass is 79.9. The Labute approximate surface area is 124 Å². The van der Waals surface area contributed by atoms with Crippen molar-refractivity contribution >= 4 is 27.5 Å². The van der Waals surface area contributed by atoms with Crippen molar-refractivity contribution in [1.82, 2.24) is 0 Å². The van der Waals surface area contributed by atoms with Crippen LogP contribution in [0.1, 0.15) is 5.56 Å². The predicted octanol–water partition coefficient (Wildman–Crippen LogP) is 4.83.